The van der Waals surface area contributed by atoms with Crippen molar-refractivity contribution in [2.75, 3.05) is 40.5 Å². The Kier molecular flexibility index (Phi) is 8.52. The molecule has 0 saturated carbocycles. The maximum Gasteiger partial charge on any atom is 0.280 e. The molecular formula is C18H28N4O5S. The van der Waals surface area contributed by atoms with E-state index >= 15 is 0 Å². The van der Waals surface area contributed by atoms with E-state index in [-0.39, 0.29) is 38.1 Å². The van der Waals surface area contributed by atoms with Gasteiger partial charge in [-0.05, 0) is 5.92 Å². The Morgan fingerprint density at radius 3 is 2.25 bits per heavy atom. The van der Waals surface area contributed by atoms with Crippen LogP contribution in [0.5, 0.6) is 0 Å². The zero-order valence-corrected chi connectivity index (χ0v) is 17.5. The first kappa shape index (κ1) is 22.4. The molecule has 10 heteroatoms. The molecule has 0 aliphatic carbocycles. The maximum atomic E-state index is 12.9. The van der Waals surface area contributed by atoms with Crippen molar-refractivity contribution in [3.63, 3.8) is 0 Å². The number of aromatic nitrogens is 2. The number of nitrogens with one attached hydrogen (secondary N) is 1. The van der Waals surface area contributed by atoms with Crippen LogP contribution in [0.3, 0.4) is 0 Å². The molecule has 0 unspecified atom stereocenters. The second-order valence-electron chi connectivity index (χ2n) is 6.55. The normalized spacial score (nSPS) is 13.4. The van der Waals surface area contributed by atoms with Crippen LogP contribution >= 0.6 is 0 Å². The van der Waals surface area contributed by atoms with Crippen molar-refractivity contribution in [1.82, 2.24) is 19.2 Å². The first-order valence-electron chi connectivity index (χ1n) is 9.03. The monoisotopic (exact) mass is 412 g/mol. The van der Waals surface area contributed by atoms with Crippen LogP contribution in [-0.2, 0) is 19.7 Å². The number of hydrogen-bond acceptors (Lipinski definition) is 7. The summed E-state index contributed by atoms with van der Waals surface area (Å²) in [5.74, 6) is 0.525. The standard InChI is InChI=1S/C18H28N4O5S/c1-14(2)16(18-19-17(20-27-18)15-8-6-5-7-9-15)21-28(23,24)22(10-12-25-3)11-13-26-4/h5-9,14,16,21H,10-13H2,1-4H3/t16-/m1/s1. The summed E-state index contributed by atoms with van der Waals surface area (Å²) >= 11 is 0. The van der Waals surface area contributed by atoms with Gasteiger partial charge in [-0.15, -0.1) is 0 Å². The zero-order chi connectivity index (χ0) is 20.6. The van der Waals surface area contributed by atoms with Crippen LogP contribution < -0.4 is 4.72 Å². The minimum absolute atomic E-state index is 0.106. The topological polar surface area (TPSA) is 107 Å². The van der Waals surface area contributed by atoms with Gasteiger partial charge in [-0.3, -0.25) is 0 Å². The highest BCUT2D eigenvalue weighted by molar-refractivity contribution is 7.87. The largest absolute Gasteiger partial charge is 0.383 e. The van der Waals surface area contributed by atoms with Crippen LogP contribution in [-0.4, -0.2) is 63.4 Å². The van der Waals surface area contributed by atoms with Gasteiger partial charge in [0.2, 0.25) is 11.7 Å². The molecule has 0 aliphatic rings. The Labute approximate surface area is 166 Å². The van der Waals surface area contributed by atoms with Crippen LogP contribution in [0, 0.1) is 5.92 Å². The Bertz CT molecular complexity index is 802. The van der Waals surface area contributed by atoms with Crippen molar-refractivity contribution >= 4 is 10.2 Å². The van der Waals surface area contributed by atoms with Gasteiger partial charge in [-0.1, -0.05) is 49.3 Å². The molecule has 1 aromatic carbocycles. The van der Waals surface area contributed by atoms with E-state index in [9.17, 15) is 8.42 Å². The van der Waals surface area contributed by atoms with E-state index in [2.05, 4.69) is 14.9 Å². The third kappa shape index (κ3) is 6.08. The Hall–Kier alpha value is -1.85. The number of methoxy groups -OCH3 is 2. The van der Waals surface area contributed by atoms with E-state index in [1.807, 2.05) is 44.2 Å². The lowest BCUT2D eigenvalue weighted by Crippen LogP contribution is -2.46. The number of rotatable bonds is 12. The second kappa shape index (κ2) is 10.6. The van der Waals surface area contributed by atoms with Crippen molar-refractivity contribution in [2.45, 2.75) is 19.9 Å². The van der Waals surface area contributed by atoms with Crippen LogP contribution in [0.4, 0.5) is 0 Å². The summed E-state index contributed by atoms with van der Waals surface area (Å²) in [6.45, 7) is 4.73. The molecule has 0 saturated heterocycles. The van der Waals surface area contributed by atoms with E-state index in [1.54, 1.807) is 0 Å². The molecule has 0 fully saturated rings. The van der Waals surface area contributed by atoms with Gasteiger partial charge in [-0.2, -0.15) is 22.4 Å². The molecule has 0 bridgehead atoms. The van der Waals surface area contributed by atoms with Gasteiger partial charge in [0.05, 0.1) is 13.2 Å². The number of benzene rings is 1. The van der Waals surface area contributed by atoms with E-state index in [0.717, 1.165) is 5.56 Å². The average molecular weight is 413 g/mol. The molecule has 0 aliphatic heterocycles. The lowest BCUT2D eigenvalue weighted by Gasteiger charge is -2.25. The Balaban J connectivity index is 2.22. The van der Waals surface area contributed by atoms with Crippen molar-refractivity contribution in [2.24, 2.45) is 5.92 Å². The Morgan fingerprint density at radius 2 is 1.71 bits per heavy atom. The third-order valence-electron chi connectivity index (χ3n) is 4.11. The summed E-state index contributed by atoms with van der Waals surface area (Å²) in [4.78, 5) is 4.40. The SMILES string of the molecule is COCCN(CCOC)S(=O)(=O)N[C@@H](c1nc(-c2ccccc2)no1)C(C)C. The fourth-order valence-corrected chi connectivity index (χ4v) is 3.98. The molecule has 156 valence electrons. The molecule has 28 heavy (non-hydrogen) atoms. The van der Waals surface area contributed by atoms with Gasteiger partial charge < -0.3 is 14.0 Å². The van der Waals surface area contributed by atoms with Gasteiger partial charge >= 0.3 is 0 Å². The highest BCUT2D eigenvalue weighted by Gasteiger charge is 2.31. The molecule has 0 spiro atoms. The van der Waals surface area contributed by atoms with Gasteiger partial charge in [-0.25, -0.2) is 0 Å². The summed E-state index contributed by atoms with van der Waals surface area (Å²) in [6.07, 6.45) is 0. The van der Waals surface area contributed by atoms with Gasteiger partial charge in [0, 0.05) is 32.9 Å². The molecule has 2 rings (SSSR count). The van der Waals surface area contributed by atoms with Crippen LogP contribution in [0.15, 0.2) is 34.9 Å². The molecule has 1 aromatic heterocycles. The molecule has 1 atom stereocenters. The van der Waals surface area contributed by atoms with Gasteiger partial charge in [0.15, 0.2) is 0 Å². The van der Waals surface area contributed by atoms with Crippen molar-refractivity contribution in [1.29, 1.82) is 0 Å². The highest BCUT2D eigenvalue weighted by Crippen LogP contribution is 2.24. The smallest absolute Gasteiger partial charge is 0.280 e. The summed E-state index contributed by atoms with van der Waals surface area (Å²) in [7, 11) is -0.773. The van der Waals surface area contributed by atoms with Crippen LogP contribution in [0.25, 0.3) is 11.4 Å². The van der Waals surface area contributed by atoms with Crippen molar-refractivity contribution < 1.29 is 22.4 Å². The number of ether oxygens (including phenoxy) is 2. The molecule has 1 heterocycles. The van der Waals surface area contributed by atoms with Crippen molar-refractivity contribution in [3.05, 3.63) is 36.2 Å². The predicted molar refractivity (Wildman–Crippen MR) is 105 cm³/mol. The minimum atomic E-state index is -3.82. The summed E-state index contributed by atoms with van der Waals surface area (Å²) in [6, 6.07) is 8.70. The molecule has 9 nitrogen and oxygen atoms in total. The highest BCUT2D eigenvalue weighted by atomic mass is 32.2. The van der Waals surface area contributed by atoms with Crippen LogP contribution in [0.2, 0.25) is 0 Å². The summed E-state index contributed by atoms with van der Waals surface area (Å²) < 4.78 is 45.2. The fourth-order valence-electron chi connectivity index (χ4n) is 2.51. The van der Waals surface area contributed by atoms with E-state index in [0.29, 0.717) is 5.82 Å². The number of nitrogens with zero attached hydrogens (tertiary/aromatic N) is 3. The molecule has 1 N–H and O–H groups in total. The third-order valence-corrected chi connectivity index (χ3v) is 5.71. The lowest BCUT2D eigenvalue weighted by atomic mass is 10.1. The molecule has 2 aromatic rings. The first-order valence-corrected chi connectivity index (χ1v) is 10.5. The van der Waals surface area contributed by atoms with Crippen molar-refractivity contribution in [3.8, 4) is 11.4 Å². The second-order valence-corrected chi connectivity index (χ2v) is 8.25. The quantitative estimate of drug-likeness (QED) is 0.567. The van der Waals surface area contributed by atoms with Gasteiger partial charge in [0.25, 0.3) is 10.2 Å². The molecule has 0 radical (unpaired) electrons. The van der Waals surface area contributed by atoms with E-state index in [4.69, 9.17) is 14.0 Å². The maximum absolute atomic E-state index is 12.9. The fraction of sp³-hybridized carbons (Fsp3) is 0.556. The average Bonchev–Trinajstić information content (AvgIpc) is 3.16. The van der Waals surface area contributed by atoms with Gasteiger partial charge in [0.1, 0.15) is 6.04 Å². The lowest BCUT2D eigenvalue weighted by molar-refractivity contribution is 0.149. The number of hydrogen-bond donors (Lipinski definition) is 1. The first-order chi connectivity index (χ1) is 13.4. The minimum Gasteiger partial charge on any atom is -0.383 e. The predicted octanol–water partition coefficient (Wildman–Crippen LogP) is 1.86. The van der Waals surface area contributed by atoms with E-state index < -0.39 is 16.3 Å². The zero-order valence-electron chi connectivity index (χ0n) is 16.7. The molecular weight excluding hydrogens is 384 g/mol. The molecule has 0 amide bonds. The Morgan fingerprint density at radius 1 is 1.11 bits per heavy atom. The van der Waals surface area contributed by atoms with E-state index in [1.165, 1.54) is 18.5 Å². The van der Waals surface area contributed by atoms with Crippen LogP contribution in [0.1, 0.15) is 25.8 Å². The summed E-state index contributed by atoms with van der Waals surface area (Å²) in [5, 5.41) is 3.99. The summed E-state index contributed by atoms with van der Waals surface area (Å²) in [5.41, 5.74) is 0.796.